The first-order chi connectivity index (χ1) is 14.9. The van der Waals surface area contributed by atoms with Crippen LogP contribution in [0.25, 0.3) is 0 Å². The van der Waals surface area contributed by atoms with Crippen LogP contribution in [0.2, 0.25) is 0 Å². The van der Waals surface area contributed by atoms with Gasteiger partial charge in [-0.25, -0.2) is 4.79 Å². The second kappa shape index (κ2) is 15.3. The number of hydrogen-bond donors (Lipinski definition) is 8. The molecule has 0 saturated heterocycles. The van der Waals surface area contributed by atoms with E-state index in [1.54, 1.807) is 6.26 Å². The predicted octanol–water partition coefficient (Wildman–Crippen LogP) is -2.72. The number of rotatable bonds is 16. The lowest BCUT2D eigenvalue weighted by atomic mass is 10.1. The Bertz CT molecular complexity index is 708. The van der Waals surface area contributed by atoms with Crippen LogP contribution in [0.5, 0.6) is 0 Å². The van der Waals surface area contributed by atoms with Crippen molar-refractivity contribution in [3.05, 3.63) is 0 Å². The summed E-state index contributed by atoms with van der Waals surface area (Å²) in [6.07, 6.45) is 0.386. The summed E-state index contributed by atoms with van der Waals surface area (Å²) in [6.45, 7) is 0. The summed E-state index contributed by atoms with van der Waals surface area (Å²) in [4.78, 5) is 70.6. The maximum atomic E-state index is 12.7. The molecule has 0 bridgehead atoms. The van der Waals surface area contributed by atoms with Gasteiger partial charge < -0.3 is 37.6 Å². The van der Waals surface area contributed by atoms with Gasteiger partial charge in [0, 0.05) is 12.2 Å². The van der Waals surface area contributed by atoms with E-state index in [0.717, 1.165) is 0 Å². The topological polar surface area (TPSA) is 231 Å². The molecule has 13 nitrogen and oxygen atoms in total. The molecule has 15 heteroatoms. The third kappa shape index (κ3) is 11.8. The van der Waals surface area contributed by atoms with Gasteiger partial charge in [-0.2, -0.15) is 24.4 Å². The number of amides is 4. The van der Waals surface area contributed by atoms with Crippen molar-refractivity contribution in [2.45, 2.75) is 49.9 Å². The molecule has 0 aliphatic carbocycles. The Morgan fingerprint density at radius 2 is 1.41 bits per heavy atom. The van der Waals surface area contributed by atoms with Crippen molar-refractivity contribution in [2.75, 3.05) is 17.8 Å². The van der Waals surface area contributed by atoms with Crippen molar-refractivity contribution in [1.29, 1.82) is 0 Å². The van der Waals surface area contributed by atoms with Crippen LogP contribution >= 0.6 is 24.4 Å². The van der Waals surface area contributed by atoms with Gasteiger partial charge in [0.05, 0.1) is 12.5 Å². The zero-order valence-corrected chi connectivity index (χ0v) is 19.1. The Morgan fingerprint density at radius 3 is 1.84 bits per heavy atom. The minimum absolute atomic E-state index is 0.0305. The summed E-state index contributed by atoms with van der Waals surface area (Å²) in [5, 5.41) is 24.9. The molecule has 4 unspecified atom stereocenters. The fourth-order valence-electron chi connectivity index (χ4n) is 2.35. The van der Waals surface area contributed by atoms with Gasteiger partial charge in [0.15, 0.2) is 0 Å². The quantitative estimate of drug-likeness (QED) is 0.103. The Morgan fingerprint density at radius 1 is 0.906 bits per heavy atom. The highest BCUT2D eigenvalue weighted by Gasteiger charge is 2.31. The zero-order chi connectivity index (χ0) is 24.8. The average molecular weight is 496 g/mol. The predicted molar refractivity (Wildman–Crippen MR) is 119 cm³/mol. The summed E-state index contributed by atoms with van der Waals surface area (Å²) < 4.78 is 0. The third-order valence-corrected chi connectivity index (χ3v) is 5.11. The monoisotopic (exact) mass is 495 g/mol. The molecule has 0 saturated carbocycles. The molecule has 0 aromatic carbocycles. The van der Waals surface area contributed by atoms with Gasteiger partial charge in [0.2, 0.25) is 23.6 Å². The van der Waals surface area contributed by atoms with Crippen LogP contribution in [0.1, 0.15) is 25.7 Å². The Balaban J connectivity index is 5.50. The Labute approximate surface area is 194 Å². The standard InChI is InChI=1S/C17H29N5O8S2/c1-32-5-4-10(20-14(26)8(18)7-31)16(28)21-9(2-3-13(24)25)15(27)22-11(17(29)30)6-12(19)23/h8-11,31H,2-7,18H2,1H3,(H2,19,23)(H,20,26)(H,21,28)(H,22,27)(H,24,25)(H,29,30). The van der Waals surface area contributed by atoms with E-state index in [-0.39, 0.29) is 18.6 Å². The molecule has 0 fully saturated rings. The van der Waals surface area contributed by atoms with E-state index < -0.39 is 72.6 Å². The van der Waals surface area contributed by atoms with Gasteiger partial charge in [-0.05, 0) is 24.9 Å². The molecule has 0 aliphatic heterocycles. The molecule has 0 rings (SSSR count). The van der Waals surface area contributed by atoms with E-state index in [1.165, 1.54) is 11.8 Å². The van der Waals surface area contributed by atoms with Gasteiger partial charge in [0.25, 0.3) is 0 Å². The molecule has 32 heavy (non-hydrogen) atoms. The number of nitrogens with two attached hydrogens (primary N) is 2. The number of thioether (sulfide) groups is 1. The third-order valence-electron chi connectivity index (χ3n) is 4.08. The second-order valence-electron chi connectivity index (χ2n) is 6.70. The number of thiol groups is 1. The molecular weight excluding hydrogens is 466 g/mol. The molecular formula is C17H29N5O8S2. The summed E-state index contributed by atoms with van der Waals surface area (Å²) in [7, 11) is 0. The number of carboxylic acids is 2. The number of carbonyl (C=O) groups excluding carboxylic acids is 4. The maximum absolute atomic E-state index is 12.7. The molecule has 0 aliphatic rings. The number of primary amides is 1. The van der Waals surface area contributed by atoms with Gasteiger partial charge in [-0.1, -0.05) is 0 Å². The van der Waals surface area contributed by atoms with E-state index in [2.05, 4.69) is 28.6 Å². The average Bonchev–Trinajstić information content (AvgIpc) is 2.71. The maximum Gasteiger partial charge on any atom is 0.326 e. The van der Waals surface area contributed by atoms with Crippen LogP contribution < -0.4 is 27.4 Å². The number of carbonyl (C=O) groups is 6. The second-order valence-corrected chi connectivity index (χ2v) is 8.05. The van der Waals surface area contributed by atoms with Crippen LogP contribution in [0, 0.1) is 0 Å². The highest BCUT2D eigenvalue weighted by atomic mass is 32.2. The first kappa shape index (κ1) is 29.5. The lowest BCUT2D eigenvalue weighted by Crippen LogP contribution is -2.57. The van der Waals surface area contributed by atoms with Crippen molar-refractivity contribution in [3.63, 3.8) is 0 Å². The molecule has 4 atom stereocenters. The van der Waals surface area contributed by atoms with E-state index in [1.807, 2.05) is 0 Å². The molecule has 182 valence electrons. The summed E-state index contributed by atoms with van der Waals surface area (Å²) in [5.74, 6) is -5.71. The summed E-state index contributed by atoms with van der Waals surface area (Å²) in [6, 6.07) is -5.16. The molecule has 0 spiro atoms. The number of carboxylic acid groups (broad SMARTS) is 2. The minimum atomic E-state index is -1.66. The van der Waals surface area contributed by atoms with E-state index >= 15 is 0 Å². The van der Waals surface area contributed by atoms with Gasteiger partial charge in [-0.3, -0.25) is 24.0 Å². The van der Waals surface area contributed by atoms with Crippen molar-refractivity contribution in [3.8, 4) is 0 Å². The largest absolute Gasteiger partial charge is 0.481 e. The number of aliphatic carboxylic acids is 2. The van der Waals surface area contributed by atoms with Crippen LogP contribution in [0.3, 0.4) is 0 Å². The highest BCUT2D eigenvalue weighted by molar-refractivity contribution is 7.98. The molecule has 0 aromatic rings. The summed E-state index contributed by atoms with van der Waals surface area (Å²) >= 11 is 5.32. The van der Waals surface area contributed by atoms with Gasteiger partial charge in [0.1, 0.15) is 18.1 Å². The zero-order valence-electron chi connectivity index (χ0n) is 17.4. The van der Waals surface area contributed by atoms with Gasteiger partial charge in [-0.15, -0.1) is 0 Å². The van der Waals surface area contributed by atoms with Crippen molar-refractivity contribution in [2.24, 2.45) is 11.5 Å². The number of nitrogens with one attached hydrogen (secondary N) is 3. The van der Waals surface area contributed by atoms with Crippen molar-refractivity contribution < 1.29 is 39.0 Å². The van der Waals surface area contributed by atoms with E-state index in [4.69, 9.17) is 21.7 Å². The van der Waals surface area contributed by atoms with Crippen LogP contribution in [0.15, 0.2) is 0 Å². The first-order valence-corrected chi connectivity index (χ1v) is 11.4. The SMILES string of the molecule is CSCCC(NC(=O)C(N)CS)C(=O)NC(CCC(=O)O)C(=O)NC(CC(N)=O)C(=O)O. The van der Waals surface area contributed by atoms with Crippen LogP contribution in [-0.4, -0.2) is 87.7 Å². The van der Waals surface area contributed by atoms with E-state index in [9.17, 15) is 28.8 Å². The van der Waals surface area contributed by atoms with Crippen molar-refractivity contribution >= 4 is 60.0 Å². The van der Waals surface area contributed by atoms with Crippen LogP contribution in [0.4, 0.5) is 0 Å². The number of hydrogen-bond acceptors (Lipinski definition) is 9. The molecule has 0 radical (unpaired) electrons. The molecule has 0 aromatic heterocycles. The lowest BCUT2D eigenvalue weighted by Gasteiger charge is -2.24. The highest BCUT2D eigenvalue weighted by Crippen LogP contribution is 2.06. The fourth-order valence-corrected chi connectivity index (χ4v) is 2.99. The van der Waals surface area contributed by atoms with Gasteiger partial charge >= 0.3 is 11.9 Å². The minimum Gasteiger partial charge on any atom is -0.481 e. The smallest absolute Gasteiger partial charge is 0.326 e. The Kier molecular flexibility index (Phi) is 14.1. The Hall–Kier alpha value is -2.52. The van der Waals surface area contributed by atoms with E-state index in [0.29, 0.717) is 5.75 Å². The van der Waals surface area contributed by atoms with Crippen molar-refractivity contribution in [1.82, 2.24) is 16.0 Å². The van der Waals surface area contributed by atoms with Crippen LogP contribution in [-0.2, 0) is 28.8 Å². The normalized spacial score (nSPS) is 14.3. The first-order valence-electron chi connectivity index (χ1n) is 9.42. The molecule has 4 amide bonds. The fraction of sp³-hybridized carbons (Fsp3) is 0.647. The lowest BCUT2D eigenvalue weighted by molar-refractivity contribution is -0.144. The molecule has 0 heterocycles. The molecule has 9 N–H and O–H groups in total. The summed E-state index contributed by atoms with van der Waals surface area (Å²) in [5.41, 5.74) is 10.6.